The zero-order valence-corrected chi connectivity index (χ0v) is 12.7. The number of nitrogens with zero attached hydrogens (tertiary/aromatic N) is 4. The molecule has 118 valence electrons. The van der Waals surface area contributed by atoms with Crippen molar-refractivity contribution in [2.24, 2.45) is 26.8 Å². The number of amidine groups is 1. The average molecular weight is 306 g/mol. The first-order valence-corrected chi connectivity index (χ1v) is 6.29. The maximum Gasteiger partial charge on any atom is 0.158 e. The van der Waals surface area contributed by atoms with E-state index >= 15 is 0 Å². The van der Waals surface area contributed by atoms with E-state index in [1.165, 1.54) is 36.5 Å². The Kier molecular flexibility index (Phi) is 6.21. The summed E-state index contributed by atoms with van der Waals surface area (Å²) >= 11 is 0. The lowest BCUT2D eigenvalue weighted by Crippen LogP contribution is -2.36. The number of halogens is 1. The summed E-state index contributed by atoms with van der Waals surface area (Å²) in [6, 6.07) is 4.23. The van der Waals surface area contributed by atoms with Crippen LogP contribution in [0.25, 0.3) is 0 Å². The summed E-state index contributed by atoms with van der Waals surface area (Å²) in [6.07, 6.45) is 1.39. The van der Waals surface area contributed by atoms with Gasteiger partial charge in [-0.15, -0.1) is 0 Å². The highest BCUT2D eigenvalue weighted by atomic mass is 19.1. The highest BCUT2D eigenvalue weighted by Crippen LogP contribution is 2.25. The molecule has 0 atom stereocenters. The van der Waals surface area contributed by atoms with Gasteiger partial charge in [0.1, 0.15) is 17.3 Å². The van der Waals surface area contributed by atoms with E-state index in [0.29, 0.717) is 23.0 Å². The van der Waals surface area contributed by atoms with E-state index in [1.807, 2.05) is 0 Å². The lowest BCUT2D eigenvalue weighted by molar-refractivity contribution is 0.313. The van der Waals surface area contributed by atoms with Crippen molar-refractivity contribution < 1.29 is 9.13 Å². The van der Waals surface area contributed by atoms with Crippen molar-refractivity contribution in [3.05, 3.63) is 36.0 Å². The number of hydrogen-bond donors (Lipinski definition) is 2. The smallest absolute Gasteiger partial charge is 0.158 e. The number of benzene rings is 1. The fourth-order valence-electron chi connectivity index (χ4n) is 1.60. The van der Waals surface area contributed by atoms with Gasteiger partial charge in [-0.3, -0.25) is 10.0 Å². The third kappa shape index (κ3) is 4.13. The van der Waals surface area contributed by atoms with Gasteiger partial charge >= 0.3 is 0 Å². The second kappa shape index (κ2) is 7.89. The molecular formula is C14H19FN6O. The highest BCUT2D eigenvalue weighted by Gasteiger charge is 2.10. The molecule has 0 amide bonds. The first-order valence-electron chi connectivity index (χ1n) is 6.29. The van der Waals surface area contributed by atoms with Gasteiger partial charge in [0.05, 0.1) is 24.7 Å². The molecule has 8 heteroatoms. The molecule has 1 aromatic carbocycles. The first-order chi connectivity index (χ1) is 10.4. The monoisotopic (exact) mass is 306 g/mol. The van der Waals surface area contributed by atoms with Crippen molar-refractivity contribution in [2.75, 3.05) is 12.1 Å². The number of methoxy groups -OCH3 is 1. The summed E-state index contributed by atoms with van der Waals surface area (Å²) in [7, 11) is 1.46. The first kappa shape index (κ1) is 17.3. The van der Waals surface area contributed by atoms with Crippen molar-refractivity contribution in [1.82, 2.24) is 0 Å². The van der Waals surface area contributed by atoms with Crippen molar-refractivity contribution in [3.63, 3.8) is 0 Å². The van der Waals surface area contributed by atoms with Gasteiger partial charge in [-0.25, -0.2) is 15.2 Å². The Morgan fingerprint density at radius 3 is 2.64 bits per heavy atom. The predicted octanol–water partition coefficient (Wildman–Crippen LogP) is 2.08. The molecule has 0 spiro atoms. The maximum atomic E-state index is 13.9. The number of hydrazine groups is 1. The molecule has 0 saturated heterocycles. The maximum absolute atomic E-state index is 13.9. The third-order valence-electron chi connectivity index (χ3n) is 2.82. The standard InChI is InChI=1S/C14H19FN6O/c1-9(14(22-4)8-18-3)19-13-7-11(5-6-12(13)15)21(17)10(2)20-16/h5-8H,3,16-17H2,1-2,4H3/b14-8+,19-9?,20-10-. The molecule has 1 aromatic rings. The van der Waals surface area contributed by atoms with Gasteiger partial charge in [-0.1, -0.05) is 0 Å². The molecule has 0 saturated carbocycles. The molecule has 4 N–H and O–H groups in total. The largest absolute Gasteiger partial charge is 0.493 e. The third-order valence-corrected chi connectivity index (χ3v) is 2.82. The van der Waals surface area contributed by atoms with E-state index < -0.39 is 5.82 Å². The zero-order valence-electron chi connectivity index (χ0n) is 12.7. The molecule has 0 aliphatic rings. The Hall–Kier alpha value is -2.74. The molecule has 0 unspecified atom stereocenters. The molecule has 22 heavy (non-hydrogen) atoms. The van der Waals surface area contributed by atoms with E-state index in [0.717, 1.165) is 0 Å². The van der Waals surface area contributed by atoms with Gasteiger partial charge in [-0.2, -0.15) is 5.10 Å². The summed E-state index contributed by atoms with van der Waals surface area (Å²) in [5, 5.41) is 4.71. The van der Waals surface area contributed by atoms with Crippen LogP contribution in [0.5, 0.6) is 0 Å². The van der Waals surface area contributed by atoms with Crippen LogP contribution in [0, 0.1) is 5.82 Å². The minimum atomic E-state index is -0.499. The van der Waals surface area contributed by atoms with Crippen LogP contribution >= 0.6 is 0 Å². The van der Waals surface area contributed by atoms with Crippen LogP contribution in [0.2, 0.25) is 0 Å². The van der Waals surface area contributed by atoms with Gasteiger partial charge < -0.3 is 10.6 Å². The Morgan fingerprint density at radius 1 is 1.41 bits per heavy atom. The van der Waals surface area contributed by atoms with Crippen LogP contribution in [-0.2, 0) is 4.74 Å². The van der Waals surface area contributed by atoms with E-state index in [9.17, 15) is 4.39 Å². The lowest BCUT2D eigenvalue weighted by Gasteiger charge is -2.17. The van der Waals surface area contributed by atoms with E-state index in [2.05, 4.69) is 21.8 Å². The van der Waals surface area contributed by atoms with Crippen LogP contribution in [0.4, 0.5) is 15.8 Å². The van der Waals surface area contributed by atoms with Gasteiger partial charge in [-0.05, 0) is 38.8 Å². The van der Waals surface area contributed by atoms with Crippen LogP contribution in [0.3, 0.4) is 0 Å². The van der Waals surface area contributed by atoms with Gasteiger partial charge in [0.15, 0.2) is 5.76 Å². The fraction of sp³-hybridized carbons (Fsp3) is 0.214. The summed E-state index contributed by atoms with van der Waals surface area (Å²) in [4.78, 5) is 7.79. The number of hydrazone groups is 1. The number of anilines is 1. The topological polar surface area (TPSA) is 102 Å². The van der Waals surface area contributed by atoms with Gasteiger partial charge in [0, 0.05) is 0 Å². The summed E-state index contributed by atoms with van der Waals surface area (Å²) in [5.74, 6) is 11.2. The molecular weight excluding hydrogens is 287 g/mol. The summed E-state index contributed by atoms with van der Waals surface area (Å²) < 4.78 is 19.0. The van der Waals surface area contributed by atoms with Crippen LogP contribution < -0.4 is 16.7 Å². The minimum Gasteiger partial charge on any atom is -0.493 e. The van der Waals surface area contributed by atoms with E-state index in [1.54, 1.807) is 13.8 Å². The second-order valence-corrected chi connectivity index (χ2v) is 4.26. The summed E-state index contributed by atoms with van der Waals surface area (Å²) in [6.45, 7) is 6.63. The molecule has 0 radical (unpaired) electrons. The molecule has 0 bridgehead atoms. The predicted molar refractivity (Wildman–Crippen MR) is 87.8 cm³/mol. The molecule has 0 heterocycles. The normalized spacial score (nSPS) is 13.0. The zero-order chi connectivity index (χ0) is 16.7. The Balaban J connectivity index is 3.25. The Bertz CT molecular complexity index is 638. The summed E-state index contributed by atoms with van der Waals surface area (Å²) in [5.41, 5.74) is 1.03. The van der Waals surface area contributed by atoms with E-state index in [-0.39, 0.29) is 5.69 Å². The van der Waals surface area contributed by atoms with Crippen molar-refractivity contribution in [1.29, 1.82) is 0 Å². The number of ether oxygens (including phenoxy) is 1. The van der Waals surface area contributed by atoms with Crippen molar-refractivity contribution >= 4 is 29.6 Å². The van der Waals surface area contributed by atoms with Crippen LogP contribution in [-0.4, -0.2) is 25.4 Å². The number of allylic oxidation sites excluding steroid dienone is 1. The molecule has 1 rings (SSSR count). The van der Waals surface area contributed by atoms with Crippen molar-refractivity contribution in [3.8, 4) is 0 Å². The number of rotatable bonds is 5. The number of nitrogens with two attached hydrogens (primary N) is 2. The Morgan fingerprint density at radius 2 is 2.09 bits per heavy atom. The van der Waals surface area contributed by atoms with E-state index in [4.69, 9.17) is 16.4 Å². The molecule has 0 aliphatic heterocycles. The quantitative estimate of drug-likeness (QED) is 0.286. The molecule has 0 aliphatic carbocycles. The highest BCUT2D eigenvalue weighted by molar-refractivity contribution is 5.99. The van der Waals surface area contributed by atoms with Gasteiger partial charge in [0.25, 0.3) is 0 Å². The second-order valence-electron chi connectivity index (χ2n) is 4.26. The van der Waals surface area contributed by atoms with Crippen LogP contribution in [0.15, 0.2) is 45.2 Å². The van der Waals surface area contributed by atoms with Gasteiger partial charge in [0.2, 0.25) is 0 Å². The molecule has 7 nitrogen and oxygen atoms in total. The SMILES string of the molecule is C=N/C=C(/OC)C(C)=Nc1cc(N(N)/C(C)=N\N)ccc1F. The lowest BCUT2D eigenvalue weighted by atomic mass is 10.2. The molecule has 0 aromatic heterocycles. The number of aliphatic imine (C=N–C) groups is 2. The minimum absolute atomic E-state index is 0.0993. The molecule has 0 fully saturated rings. The average Bonchev–Trinajstić information content (AvgIpc) is 2.52. The van der Waals surface area contributed by atoms with Crippen molar-refractivity contribution in [2.45, 2.75) is 13.8 Å². The van der Waals surface area contributed by atoms with Crippen LogP contribution in [0.1, 0.15) is 13.8 Å². The number of hydrogen-bond acceptors (Lipinski definition) is 6. The Labute approximate surface area is 128 Å². The fourth-order valence-corrected chi connectivity index (χ4v) is 1.60.